The van der Waals surface area contributed by atoms with E-state index in [-0.39, 0.29) is 0 Å². The Balaban J connectivity index is 2.08. The van der Waals surface area contributed by atoms with Crippen molar-refractivity contribution < 1.29 is 0 Å². The zero-order chi connectivity index (χ0) is 14.8. The van der Waals surface area contributed by atoms with Crippen molar-refractivity contribution in [1.29, 1.82) is 0 Å². The van der Waals surface area contributed by atoms with E-state index in [1.165, 1.54) is 34.5 Å². The first-order chi connectivity index (χ1) is 10.2. The van der Waals surface area contributed by atoms with Gasteiger partial charge >= 0.3 is 0 Å². The molecule has 3 rings (SSSR count). The van der Waals surface area contributed by atoms with Crippen molar-refractivity contribution in [2.24, 2.45) is 5.73 Å². The van der Waals surface area contributed by atoms with Gasteiger partial charge < -0.3 is 10.6 Å². The quantitative estimate of drug-likeness (QED) is 0.919. The summed E-state index contributed by atoms with van der Waals surface area (Å²) in [5.74, 6) is 0. The second-order valence-electron chi connectivity index (χ2n) is 5.70. The number of benzene rings is 2. The van der Waals surface area contributed by atoms with Gasteiger partial charge in [-0.2, -0.15) is 0 Å². The predicted octanol–water partition coefficient (Wildman–Crippen LogP) is 4.23. The van der Waals surface area contributed by atoms with Crippen LogP contribution in [0.2, 0.25) is 5.02 Å². The number of hydrogen-bond acceptors (Lipinski definition) is 2. The summed E-state index contributed by atoms with van der Waals surface area (Å²) in [6, 6.07) is 12.8. The molecule has 1 heterocycles. The molecule has 0 saturated carbocycles. The molecule has 2 N–H and O–H groups in total. The maximum atomic E-state index is 6.23. The summed E-state index contributed by atoms with van der Waals surface area (Å²) in [6.07, 6.45) is 3.20. The number of anilines is 2. The average molecular weight is 301 g/mol. The highest BCUT2D eigenvalue weighted by Crippen LogP contribution is 2.37. The van der Waals surface area contributed by atoms with E-state index in [4.69, 9.17) is 17.3 Å². The summed E-state index contributed by atoms with van der Waals surface area (Å²) in [5, 5.41) is 0.782. The van der Waals surface area contributed by atoms with Crippen LogP contribution in [0, 0.1) is 6.92 Å². The van der Waals surface area contributed by atoms with Gasteiger partial charge in [0.25, 0.3) is 0 Å². The van der Waals surface area contributed by atoms with Gasteiger partial charge in [0.15, 0.2) is 0 Å². The van der Waals surface area contributed by atoms with Crippen LogP contribution in [0.5, 0.6) is 0 Å². The van der Waals surface area contributed by atoms with Crippen LogP contribution >= 0.6 is 11.6 Å². The molecule has 0 radical (unpaired) electrons. The van der Waals surface area contributed by atoms with Crippen molar-refractivity contribution in [2.45, 2.75) is 26.2 Å². The molecule has 0 bridgehead atoms. The molecule has 0 spiro atoms. The van der Waals surface area contributed by atoms with Gasteiger partial charge in [-0.05, 0) is 62.1 Å². The fraction of sp³-hybridized carbons (Fsp3) is 0.333. The average Bonchev–Trinajstić information content (AvgIpc) is 2.48. The highest BCUT2D eigenvalue weighted by Gasteiger charge is 2.20. The Bertz CT molecular complexity index is 652. The maximum Gasteiger partial charge on any atom is 0.0458 e. The molecule has 0 unspecified atom stereocenters. The van der Waals surface area contributed by atoms with Gasteiger partial charge in [0, 0.05) is 22.9 Å². The Hall–Kier alpha value is -1.51. The Kier molecular flexibility index (Phi) is 4.18. The zero-order valence-electron chi connectivity index (χ0n) is 12.4. The van der Waals surface area contributed by atoms with Crippen LogP contribution in [-0.4, -0.2) is 13.1 Å². The van der Waals surface area contributed by atoms with Gasteiger partial charge in [-0.3, -0.25) is 0 Å². The van der Waals surface area contributed by atoms with E-state index in [9.17, 15) is 0 Å². The van der Waals surface area contributed by atoms with Crippen LogP contribution in [0.3, 0.4) is 0 Å². The van der Waals surface area contributed by atoms with Gasteiger partial charge in [-0.1, -0.05) is 35.4 Å². The van der Waals surface area contributed by atoms with Gasteiger partial charge in [0.05, 0.1) is 0 Å². The minimum Gasteiger partial charge on any atom is -0.341 e. The number of hydrogen-bond donors (Lipinski definition) is 1. The monoisotopic (exact) mass is 300 g/mol. The van der Waals surface area contributed by atoms with E-state index in [1.54, 1.807) is 0 Å². The Morgan fingerprint density at radius 1 is 1.14 bits per heavy atom. The fourth-order valence-corrected chi connectivity index (χ4v) is 3.30. The van der Waals surface area contributed by atoms with E-state index in [2.05, 4.69) is 42.2 Å². The Labute approximate surface area is 131 Å². The topological polar surface area (TPSA) is 29.3 Å². The van der Waals surface area contributed by atoms with Crippen LogP contribution in [0.25, 0.3) is 0 Å². The Morgan fingerprint density at radius 2 is 2.00 bits per heavy atom. The van der Waals surface area contributed by atoms with Crippen LogP contribution < -0.4 is 10.6 Å². The minimum absolute atomic E-state index is 0.656. The molecular formula is C18H21ClN2. The van der Waals surface area contributed by atoms with Crippen molar-refractivity contribution in [1.82, 2.24) is 0 Å². The molecule has 21 heavy (non-hydrogen) atoms. The van der Waals surface area contributed by atoms with Crippen LogP contribution in [-0.2, 0) is 12.8 Å². The number of aryl methyl sites for hydroxylation is 2. The summed E-state index contributed by atoms with van der Waals surface area (Å²) in [4.78, 5) is 2.40. The van der Waals surface area contributed by atoms with Crippen molar-refractivity contribution in [3.05, 3.63) is 58.1 Å². The van der Waals surface area contributed by atoms with Gasteiger partial charge in [0.2, 0.25) is 0 Å². The molecule has 0 amide bonds. The molecule has 1 aliphatic rings. The number of nitrogens with two attached hydrogens (primary N) is 1. The first-order valence-corrected chi connectivity index (χ1v) is 7.92. The molecule has 0 aromatic heterocycles. The van der Waals surface area contributed by atoms with E-state index >= 15 is 0 Å². The molecule has 110 valence electrons. The zero-order valence-corrected chi connectivity index (χ0v) is 13.2. The number of fused-ring (bicyclic) bond motifs is 1. The van der Waals surface area contributed by atoms with Crippen LogP contribution in [0.1, 0.15) is 23.1 Å². The third-order valence-corrected chi connectivity index (χ3v) is 4.34. The number of rotatable bonds is 3. The lowest BCUT2D eigenvalue weighted by Crippen LogP contribution is -2.26. The predicted molar refractivity (Wildman–Crippen MR) is 90.7 cm³/mol. The molecule has 0 aliphatic carbocycles. The van der Waals surface area contributed by atoms with Gasteiger partial charge in [0.1, 0.15) is 0 Å². The number of halogens is 1. The molecule has 2 aromatic carbocycles. The Morgan fingerprint density at radius 3 is 2.81 bits per heavy atom. The molecule has 3 heteroatoms. The van der Waals surface area contributed by atoms with E-state index < -0.39 is 0 Å². The van der Waals surface area contributed by atoms with Gasteiger partial charge in [-0.15, -0.1) is 0 Å². The van der Waals surface area contributed by atoms with Crippen molar-refractivity contribution in [3.8, 4) is 0 Å². The van der Waals surface area contributed by atoms with Crippen LogP contribution in [0.15, 0.2) is 36.4 Å². The third kappa shape index (κ3) is 2.92. The smallest absolute Gasteiger partial charge is 0.0458 e. The molecule has 2 aromatic rings. The summed E-state index contributed by atoms with van der Waals surface area (Å²) >= 11 is 6.23. The van der Waals surface area contributed by atoms with E-state index in [0.717, 1.165) is 24.4 Å². The lowest BCUT2D eigenvalue weighted by molar-refractivity contribution is 0.762. The normalized spacial score (nSPS) is 14.1. The van der Waals surface area contributed by atoms with E-state index in [0.29, 0.717) is 6.54 Å². The lowest BCUT2D eigenvalue weighted by atomic mass is 9.97. The first-order valence-electron chi connectivity index (χ1n) is 7.54. The molecule has 1 aliphatic heterocycles. The molecule has 2 nitrogen and oxygen atoms in total. The van der Waals surface area contributed by atoms with Gasteiger partial charge in [-0.25, -0.2) is 0 Å². The summed E-state index contributed by atoms with van der Waals surface area (Å²) in [5.41, 5.74) is 12.3. The SMILES string of the molecule is Cc1ccc2c(c1)CCCN2c1cc(Cl)ccc1CCN. The second kappa shape index (κ2) is 6.08. The minimum atomic E-state index is 0.656. The number of nitrogens with zero attached hydrogens (tertiary/aromatic N) is 1. The standard InChI is InChI=1S/C18H21ClN2/c1-13-4-7-17-15(11-13)3-2-10-21(17)18-12-16(19)6-5-14(18)8-9-20/h4-7,11-12H,2-3,8-10,20H2,1H3. The second-order valence-corrected chi connectivity index (χ2v) is 6.14. The molecule has 0 atom stereocenters. The highest BCUT2D eigenvalue weighted by molar-refractivity contribution is 6.30. The lowest BCUT2D eigenvalue weighted by Gasteiger charge is -2.33. The molecule has 0 saturated heterocycles. The highest BCUT2D eigenvalue weighted by atomic mass is 35.5. The fourth-order valence-electron chi connectivity index (χ4n) is 3.13. The van der Waals surface area contributed by atoms with E-state index in [1.807, 2.05) is 6.07 Å². The van der Waals surface area contributed by atoms with Crippen molar-refractivity contribution in [2.75, 3.05) is 18.0 Å². The van der Waals surface area contributed by atoms with Crippen molar-refractivity contribution in [3.63, 3.8) is 0 Å². The first kappa shape index (κ1) is 14.4. The summed E-state index contributed by atoms with van der Waals surface area (Å²) in [6.45, 7) is 3.84. The van der Waals surface area contributed by atoms with Crippen LogP contribution in [0.4, 0.5) is 11.4 Å². The maximum absolute atomic E-state index is 6.23. The van der Waals surface area contributed by atoms with Crippen molar-refractivity contribution >= 4 is 23.0 Å². The summed E-state index contributed by atoms with van der Waals surface area (Å²) < 4.78 is 0. The third-order valence-electron chi connectivity index (χ3n) is 4.11. The summed E-state index contributed by atoms with van der Waals surface area (Å²) in [7, 11) is 0. The molecular weight excluding hydrogens is 280 g/mol. The largest absolute Gasteiger partial charge is 0.341 e. The molecule has 0 fully saturated rings.